The van der Waals surface area contributed by atoms with E-state index in [0.717, 1.165) is 15.8 Å². The summed E-state index contributed by atoms with van der Waals surface area (Å²) >= 11 is 3.44. The smallest absolute Gasteiger partial charge is 0.272 e. The molecule has 8 nitrogen and oxygen atoms in total. The van der Waals surface area contributed by atoms with E-state index in [4.69, 9.17) is 4.74 Å². The van der Waals surface area contributed by atoms with Crippen molar-refractivity contribution in [1.82, 2.24) is 15.1 Å². The number of halogens is 1. The Morgan fingerprint density at radius 2 is 2.14 bits per heavy atom. The van der Waals surface area contributed by atoms with Gasteiger partial charge in [0.25, 0.3) is 11.6 Å². The molecule has 142 valence electrons. The molecule has 1 aromatic heterocycles. The third-order valence-corrected chi connectivity index (χ3v) is 4.94. The van der Waals surface area contributed by atoms with E-state index in [-0.39, 0.29) is 23.3 Å². The van der Waals surface area contributed by atoms with Crippen LogP contribution in [0.3, 0.4) is 0 Å². The Hall–Kier alpha value is -3.20. The summed E-state index contributed by atoms with van der Waals surface area (Å²) in [4.78, 5) is 23.2. The molecule has 1 aliphatic rings. The summed E-state index contributed by atoms with van der Waals surface area (Å²) in [6.07, 6.45) is 2.25. The molecule has 28 heavy (non-hydrogen) atoms. The van der Waals surface area contributed by atoms with Gasteiger partial charge in [0.05, 0.1) is 23.3 Å². The van der Waals surface area contributed by atoms with Crippen LogP contribution in [0.5, 0.6) is 5.75 Å². The molecule has 0 aliphatic carbocycles. The van der Waals surface area contributed by atoms with Crippen LogP contribution in [-0.4, -0.2) is 27.2 Å². The Bertz CT molecular complexity index is 1070. The van der Waals surface area contributed by atoms with Crippen molar-refractivity contribution in [3.8, 4) is 11.4 Å². The molecule has 1 aliphatic heterocycles. The van der Waals surface area contributed by atoms with Gasteiger partial charge in [0.1, 0.15) is 5.75 Å². The lowest BCUT2D eigenvalue weighted by Crippen LogP contribution is -2.32. The van der Waals surface area contributed by atoms with Gasteiger partial charge in [0.2, 0.25) is 0 Å². The van der Waals surface area contributed by atoms with Crippen molar-refractivity contribution in [3.05, 3.63) is 80.6 Å². The highest BCUT2D eigenvalue weighted by molar-refractivity contribution is 9.10. The van der Waals surface area contributed by atoms with Gasteiger partial charge in [-0.25, -0.2) is 4.68 Å². The van der Waals surface area contributed by atoms with Gasteiger partial charge in [0, 0.05) is 34.8 Å². The van der Waals surface area contributed by atoms with E-state index >= 15 is 0 Å². The fraction of sp³-hybridized carbons (Fsp3) is 0.158. The number of ether oxygens (including phenoxy) is 1. The number of hydrogen-bond acceptors (Lipinski definition) is 5. The largest absolute Gasteiger partial charge is 0.493 e. The minimum atomic E-state index is -0.471. The quantitative estimate of drug-likeness (QED) is 0.489. The van der Waals surface area contributed by atoms with Crippen molar-refractivity contribution in [2.75, 3.05) is 6.61 Å². The molecule has 0 fully saturated rings. The van der Waals surface area contributed by atoms with E-state index in [1.54, 1.807) is 24.4 Å². The third kappa shape index (κ3) is 3.61. The Kier molecular flexibility index (Phi) is 4.82. The summed E-state index contributed by atoms with van der Waals surface area (Å²) in [5.74, 6) is 0.434. The van der Waals surface area contributed by atoms with E-state index in [1.165, 1.54) is 16.8 Å². The summed E-state index contributed by atoms with van der Waals surface area (Å²) in [6.45, 7) is 0.516. The van der Waals surface area contributed by atoms with Crippen molar-refractivity contribution < 1.29 is 14.5 Å². The van der Waals surface area contributed by atoms with Gasteiger partial charge in [-0.05, 0) is 30.3 Å². The number of nitro groups is 1. The molecule has 0 spiro atoms. The summed E-state index contributed by atoms with van der Waals surface area (Å²) in [6, 6.07) is 13.2. The fourth-order valence-electron chi connectivity index (χ4n) is 3.09. The second-order valence-corrected chi connectivity index (χ2v) is 7.18. The maximum absolute atomic E-state index is 12.7. The van der Waals surface area contributed by atoms with Gasteiger partial charge in [-0.2, -0.15) is 5.10 Å². The number of nitro benzene ring substituents is 1. The van der Waals surface area contributed by atoms with Crippen LogP contribution in [0.2, 0.25) is 0 Å². The number of hydrogen-bond donors (Lipinski definition) is 1. The average Bonchev–Trinajstić information content (AvgIpc) is 3.19. The monoisotopic (exact) mass is 442 g/mol. The number of rotatable bonds is 4. The van der Waals surface area contributed by atoms with Crippen LogP contribution in [0.15, 0.2) is 59.2 Å². The number of carbonyl (C=O) groups is 1. The molecule has 1 unspecified atom stereocenters. The molecule has 0 saturated heterocycles. The third-order valence-electron chi connectivity index (χ3n) is 4.44. The number of non-ortho nitro benzene ring substituents is 1. The number of amides is 1. The summed E-state index contributed by atoms with van der Waals surface area (Å²) in [7, 11) is 0. The minimum absolute atomic E-state index is 0.0385. The van der Waals surface area contributed by atoms with Crippen molar-refractivity contribution in [2.45, 2.75) is 12.5 Å². The van der Waals surface area contributed by atoms with Crippen molar-refractivity contribution >= 4 is 27.5 Å². The highest BCUT2D eigenvalue weighted by atomic mass is 79.9. The molecule has 0 bridgehead atoms. The first-order valence-corrected chi connectivity index (χ1v) is 9.34. The number of nitrogens with one attached hydrogen (secondary N) is 1. The molecule has 4 rings (SSSR count). The zero-order chi connectivity index (χ0) is 19.7. The molecular weight excluding hydrogens is 428 g/mol. The molecular formula is C19H15BrN4O4. The first kappa shape index (κ1) is 18.2. The standard InChI is InChI=1S/C19H15BrN4O4/c20-12-4-5-18-15(10-12)16(7-9-28-18)21-19(25)17-6-8-23(22-17)13-2-1-3-14(11-13)24(26)27/h1-6,8,10-11,16H,7,9H2,(H,21,25). The van der Waals surface area contributed by atoms with Gasteiger partial charge in [-0.1, -0.05) is 22.0 Å². The second-order valence-electron chi connectivity index (χ2n) is 6.27. The molecule has 3 aromatic rings. The van der Waals surface area contributed by atoms with Crippen LogP contribution in [0.4, 0.5) is 5.69 Å². The van der Waals surface area contributed by atoms with Crippen LogP contribution >= 0.6 is 15.9 Å². The number of benzene rings is 2. The Morgan fingerprint density at radius 1 is 1.29 bits per heavy atom. The number of fused-ring (bicyclic) bond motifs is 1. The molecule has 1 N–H and O–H groups in total. The number of carbonyl (C=O) groups excluding carboxylic acids is 1. The van der Waals surface area contributed by atoms with E-state index in [2.05, 4.69) is 26.3 Å². The molecule has 1 amide bonds. The normalized spacial score (nSPS) is 15.4. The fourth-order valence-corrected chi connectivity index (χ4v) is 3.46. The van der Waals surface area contributed by atoms with Crippen molar-refractivity contribution in [3.63, 3.8) is 0 Å². The van der Waals surface area contributed by atoms with Gasteiger partial charge >= 0.3 is 0 Å². The topological polar surface area (TPSA) is 99.3 Å². The first-order valence-electron chi connectivity index (χ1n) is 8.55. The Labute approximate surface area is 168 Å². The molecule has 2 heterocycles. The molecule has 9 heteroatoms. The second kappa shape index (κ2) is 7.43. The lowest BCUT2D eigenvalue weighted by Gasteiger charge is -2.26. The predicted octanol–water partition coefficient (Wildman–Crippen LogP) is 3.80. The highest BCUT2D eigenvalue weighted by Crippen LogP contribution is 2.34. The SMILES string of the molecule is O=C(NC1CCOc2ccc(Br)cc21)c1ccn(-c2cccc([N+](=O)[O-])c2)n1. The van der Waals surface area contributed by atoms with Gasteiger partial charge < -0.3 is 10.1 Å². The minimum Gasteiger partial charge on any atom is -0.493 e. The van der Waals surface area contributed by atoms with Crippen LogP contribution < -0.4 is 10.1 Å². The first-order chi connectivity index (χ1) is 13.5. The van der Waals surface area contributed by atoms with Crippen LogP contribution in [0.1, 0.15) is 28.5 Å². The van der Waals surface area contributed by atoms with Crippen molar-refractivity contribution in [2.24, 2.45) is 0 Å². The van der Waals surface area contributed by atoms with E-state index in [1.807, 2.05) is 18.2 Å². The van der Waals surface area contributed by atoms with Gasteiger partial charge in [-0.3, -0.25) is 14.9 Å². The molecule has 1 atom stereocenters. The van der Waals surface area contributed by atoms with Gasteiger partial charge in [-0.15, -0.1) is 0 Å². The number of nitrogens with zero attached hydrogens (tertiary/aromatic N) is 3. The Morgan fingerprint density at radius 3 is 2.96 bits per heavy atom. The van der Waals surface area contributed by atoms with Gasteiger partial charge in [0.15, 0.2) is 5.69 Å². The van der Waals surface area contributed by atoms with Crippen LogP contribution in [0.25, 0.3) is 5.69 Å². The maximum atomic E-state index is 12.7. The lowest BCUT2D eigenvalue weighted by molar-refractivity contribution is -0.384. The van der Waals surface area contributed by atoms with Crippen LogP contribution in [0, 0.1) is 10.1 Å². The average molecular weight is 443 g/mol. The lowest BCUT2D eigenvalue weighted by atomic mass is 10.0. The predicted molar refractivity (Wildman–Crippen MR) is 105 cm³/mol. The Balaban J connectivity index is 1.54. The summed E-state index contributed by atoms with van der Waals surface area (Å²) < 4.78 is 7.99. The highest BCUT2D eigenvalue weighted by Gasteiger charge is 2.24. The maximum Gasteiger partial charge on any atom is 0.272 e. The van der Waals surface area contributed by atoms with Crippen molar-refractivity contribution in [1.29, 1.82) is 0 Å². The van der Waals surface area contributed by atoms with E-state index in [0.29, 0.717) is 18.7 Å². The molecule has 0 radical (unpaired) electrons. The zero-order valence-electron chi connectivity index (χ0n) is 14.5. The van der Waals surface area contributed by atoms with E-state index in [9.17, 15) is 14.9 Å². The van der Waals surface area contributed by atoms with E-state index < -0.39 is 4.92 Å². The van der Waals surface area contributed by atoms with Crippen LogP contribution in [-0.2, 0) is 0 Å². The zero-order valence-corrected chi connectivity index (χ0v) is 16.1. The number of aromatic nitrogens is 2. The molecule has 0 saturated carbocycles. The molecule has 2 aromatic carbocycles. The summed E-state index contributed by atoms with van der Waals surface area (Å²) in [5.41, 5.74) is 1.61. The summed E-state index contributed by atoms with van der Waals surface area (Å²) in [5, 5.41) is 18.2.